The number of methoxy groups -OCH3 is 1. The fraction of sp³-hybridized carbons (Fsp3) is 0.611. The Morgan fingerprint density at radius 3 is 2.78 bits per heavy atom. The van der Waals surface area contributed by atoms with Crippen molar-refractivity contribution in [1.29, 1.82) is 0 Å². The van der Waals surface area contributed by atoms with Gasteiger partial charge >= 0.3 is 0 Å². The average molecular weight is 393 g/mol. The van der Waals surface area contributed by atoms with E-state index in [1.54, 1.807) is 13.3 Å². The van der Waals surface area contributed by atoms with Crippen LogP contribution in [0.3, 0.4) is 0 Å². The number of hydrogen-bond acceptors (Lipinski definition) is 7. The van der Waals surface area contributed by atoms with Crippen molar-refractivity contribution in [2.45, 2.75) is 31.8 Å². The van der Waals surface area contributed by atoms with Crippen molar-refractivity contribution in [1.82, 2.24) is 25.0 Å². The van der Waals surface area contributed by atoms with E-state index in [1.165, 1.54) is 17.0 Å². The number of rotatable bonds is 8. The summed E-state index contributed by atoms with van der Waals surface area (Å²) < 4.78 is 6.99. The van der Waals surface area contributed by atoms with Gasteiger partial charge in [-0.05, 0) is 25.8 Å². The van der Waals surface area contributed by atoms with Crippen LogP contribution in [0.25, 0.3) is 0 Å². The summed E-state index contributed by atoms with van der Waals surface area (Å²) >= 11 is 1.52. The molecule has 3 heterocycles. The number of hydrogen-bond donors (Lipinski definition) is 2. The first-order valence-corrected chi connectivity index (χ1v) is 10.1. The molecule has 0 unspecified atom stereocenters. The molecule has 27 heavy (non-hydrogen) atoms. The lowest BCUT2D eigenvalue weighted by molar-refractivity contribution is -0.127. The third kappa shape index (κ3) is 4.85. The molecule has 2 aromatic heterocycles. The van der Waals surface area contributed by atoms with Crippen LogP contribution in [0.2, 0.25) is 0 Å². The van der Waals surface area contributed by atoms with Gasteiger partial charge in [-0.2, -0.15) is 5.10 Å². The summed E-state index contributed by atoms with van der Waals surface area (Å²) in [5.74, 6) is 0.0192. The Hall–Kier alpha value is -1.97. The van der Waals surface area contributed by atoms with Crippen LogP contribution in [0.4, 0.5) is 5.13 Å². The second-order valence-corrected chi connectivity index (χ2v) is 7.86. The smallest absolute Gasteiger partial charge is 0.245 e. The van der Waals surface area contributed by atoms with Gasteiger partial charge in [-0.1, -0.05) is 0 Å². The van der Waals surface area contributed by atoms with Crippen LogP contribution in [0, 0.1) is 6.92 Å². The van der Waals surface area contributed by atoms with Crippen LogP contribution in [0.15, 0.2) is 17.6 Å². The molecule has 1 aliphatic rings. The van der Waals surface area contributed by atoms with Crippen molar-refractivity contribution < 1.29 is 9.53 Å². The highest BCUT2D eigenvalue weighted by Crippen LogP contribution is 2.29. The fourth-order valence-electron chi connectivity index (χ4n) is 3.47. The predicted octanol–water partition coefficient (Wildman–Crippen LogP) is 1.39. The Balaban J connectivity index is 1.66. The van der Waals surface area contributed by atoms with Crippen LogP contribution in [-0.2, 0) is 23.1 Å². The minimum absolute atomic E-state index is 0.0192. The topological polar surface area (TPSA) is 84.3 Å². The molecule has 0 spiro atoms. The van der Waals surface area contributed by atoms with Crippen molar-refractivity contribution in [2.24, 2.45) is 7.05 Å². The van der Waals surface area contributed by atoms with Crippen molar-refractivity contribution in [3.63, 3.8) is 0 Å². The first-order chi connectivity index (χ1) is 13.0. The zero-order valence-electron chi connectivity index (χ0n) is 16.2. The van der Waals surface area contributed by atoms with Crippen LogP contribution >= 0.6 is 11.3 Å². The molecule has 1 aliphatic heterocycles. The van der Waals surface area contributed by atoms with E-state index in [4.69, 9.17) is 4.74 Å². The van der Waals surface area contributed by atoms with E-state index < -0.39 is 5.54 Å². The number of thiazole rings is 1. The van der Waals surface area contributed by atoms with Gasteiger partial charge in [0.25, 0.3) is 0 Å². The molecule has 9 heteroatoms. The van der Waals surface area contributed by atoms with E-state index >= 15 is 0 Å². The Kier molecular flexibility index (Phi) is 6.46. The number of aryl methyl sites for hydroxylation is 2. The number of amides is 1. The van der Waals surface area contributed by atoms with Gasteiger partial charge in [-0.15, -0.1) is 11.3 Å². The summed E-state index contributed by atoms with van der Waals surface area (Å²) in [4.78, 5) is 19.6. The summed E-state index contributed by atoms with van der Waals surface area (Å²) in [6.07, 6.45) is 3.20. The van der Waals surface area contributed by atoms with Crippen LogP contribution in [-0.4, -0.2) is 64.5 Å². The van der Waals surface area contributed by atoms with Crippen LogP contribution in [0.5, 0.6) is 0 Å². The third-order valence-corrected chi connectivity index (χ3v) is 5.69. The van der Waals surface area contributed by atoms with E-state index in [2.05, 4.69) is 31.7 Å². The van der Waals surface area contributed by atoms with Crippen LogP contribution in [0.1, 0.15) is 24.2 Å². The van der Waals surface area contributed by atoms with Crippen molar-refractivity contribution in [3.05, 3.63) is 29.0 Å². The number of carbonyl (C=O) groups is 1. The highest BCUT2D eigenvalue weighted by molar-refractivity contribution is 7.13. The highest BCUT2D eigenvalue weighted by atomic mass is 32.1. The molecule has 1 amide bonds. The minimum atomic E-state index is -0.634. The zero-order valence-corrected chi connectivity index (χ0v) is 17.0. The normalized spacial score (nSPS) is 17.0. The summed E-state index contributed by atoms with van der Waals surface area (Å²) in [6.45, 7) is 5.53. The van der Waals surface area contributed by atoms with Gasteiger partial charge in [0.15, 0.2) is 5.13 Å². The number of piperidine rings is 1. The Bertz CT molecular complexity index is 737. The van der Waals surface area contributed by atoms with E-state index in [0.29, 0.717) is 13.2 Å². The van der Waals surface area contributed by atoms with Crippen molar-refractivity contribution in [2.75, 3.05) is 38.7 Å². The van der Waals surface area contributed by atoms with Crippen molar-refractivity contribution in [3.8, 4) is 0 Å². The molecule has 3 rings (SSSR count). The fourth-order valence-corrected chi connectivity index (χ4v) is 4.10. The molecule has 0 bridgehead atoms. The van der Waals surface area contributed by atoms with E-state index in [0.717, 1.165) is 43.3 Å². The number of aromatic nitrogens is 3. The Morgan fingerprint density at radius 1 is 1.41 bits per heavy atom. The number of carbonyl (C=O) groups excluding carboxylic acids is 1. The summed E-state index contributed by atoms with van der Waals surface area (Å²) in [5, 5.41) is 13.5. The number of anilines is 1. The molecule has 0 radical (unpaired) electrons. The van der Waals surface area contributed by atoms with Gasteiger partial charge in [-0.25, -0.2) is 4.98 Å². The second kappa shape index (κ2) is 8.81. The maximum absolute atomic E-state index is 13.0. The Morgan fingerprint density at radius 2 is 2.19 bits per heavy atom. The molecule has 8 nitrogen and oxygen atoms in total. The lowest BCUT2D eigenvalue weighted by Crippen LogP contribution is -2.58. The first-order valence-electron chi connectivity index (χ1n) is 9.19. The maximum Gasteiger partial charge on any atom is 0.245 e. The zero-order chi connectivity index (χ0) is 19.3. The lowest BCUT2D eigenvalue weighted by Gasteiger charge is -2.41. The molecule has 0 saturated carbocycles. The van der Waals surface area contributed by atoms with Gasteiger partial charge < -0.3 is 15.4 Å². The summed E-state index contributed by atoms with van der Waals surface area (Å²) in [7, 11) is 3.61. The van der Waals surface area contributed by atoms with Gasteiger partial charge in [0, 0.05) is 51.9 Å². The van der Waals surface area contributed by atoms with Gasteiger partial charge in [0.1, 0.15) is 5.54 Å². The number of ether oxygens (including phenoxy) is 1. The first kappa shape index (κ1) is 19.8. The molecule has 1 fully saturated rings. The molecular weight excluding hydrogens is 364 g/mol. The monoisotopic (exact) mass is 392 g/mol. The largest absolute Gasteiger partial charge is 0.383 e. The highest BCUT2D eigenvalue weighted by Gasteiger charge is 2.41. The quantitative estimate of drug-likeness (QED) is 0.661. The van der Waals surface area contributed by atoms with Gasteiger partial charge in [0.05, 0.1) is 18.0 Å². The van der Waals surface area contributed by atoms with Crippen molar-refractivity contribution >= 4 is 22.4 Å². The molecule has 148 valence electrons. The molecule has 2 N–H and O–H groups in total. The molecule has 0 atom stereocenters. The lowest BCUT2D eigenvalue weighted by atomic mass is 9.86. The van der Waals surface area contributed by atoms with Gasteiger partial charge in [-0.3, -0.25) is 14.4 Å². The number of nitrogens with zero attached hydrogens (tertiary/aromatic N) is 4. The maximum atomic E-state index is 13.0. The molecular formula is C18H28N6O2S. The predicted molar refractivity (Wildman–Crippen MR) is 106 cm³/mol. The second-order valence-electron chi connectivity index (χ2n) is 6.97. The van der Waals surface area contributed by atoms with E-state index in [1.807, 2.05) is 24.0 Å². The standard InChI is InChI=1S/C18H28N6O2S/c1-14-12-15(23(2)22-14)13-24-8-4-18(5-9-24,16(25)19-6-10-26-3)21-17-20-7-11-27-17/h7,11-12H,4-6,8-10,13H2,1-3H3,(H,19,25)(H,20,21). The molecule has 0 aromatic carbocycles. The van der Waals surface area contributed by atoms with Gasteiger partial charge in [0.2, 0.25) is 5.91 Å². The van der Waals surface area contributed by atoms with E-state index in [9.17, 15) is 4.79 Å². The summed E-state index contributed by atoms with van der Waals surface area (Å²) in [5.41, 5.74) is 1.59. The Labute approximate surface area is 163 Å². The molecule has 0 aliphatic carbocycles. The SMILES string of the molecule is COCCNC(=O)C1(Nc2nccs2)CCN(Cc2cc(C)nn2C)CC1. The number of likely N-dealkylation sites (tertiary alicyclic amines) is 1. The average Bonchev–Trinajstić information content (AvgIpc) is 3.26. The minimum Gasteiger partial charge on any atom is -0.383 e. The van der Waals surface area contributed by atoms with Crippen LogP contribution < -0.4 is 10.6 Å². The number of nitrogens with one attached hydrogen (secondary N) is 2. The summed E-state index contributed by atoms with van der Waals surface area (Å²) in [6, 6.07) is 2.12. The molecule has 1 saturated heterocycles. The molecule has 2 aromatic rings. The van der Waals surface area contributed by atoms with E-state index in [-0.39, 0.29) is 5.91 Å². The third-order valence-electron chi connectivity index (χ3n) is 5.00.